The lowest BCUT2D eigenvalue weighted by atomic mass is 10.2. The first-order valence-corrected chi connectivity index (χ1v) is 11.4. The van der Waals surface area contributed by atoms with Crippen LogP contribution in [0.15, 0.2) is 82.6 Å². The van der Waals surface area contributed by atoms with E-state index in [4.69, 9.17) is 4.98 Å². The van der Waals surface area contributed by atoms with Crippen molar-refractivity contribution in [3.63, 3.8) is 0 Å². The average Bonchev–Trinajstić information content (AvgIpc) is 3.14. The SMILES string of the molecule is CCN(CC)Cn1c(CN2c3ccccc3Sc3ccccc32)nc2ccccc21. The Bertz CT molecular complexity index is 1130. The largest absolute Gasteiger partial charge is 0.332 e. The number of hydrogen-bond donors (Lipinski definition) is 0. The Kier molecular flexibility index (Phi) is 5.23. The second-order valence-corrected chi connectivity index (χ2v) is 8.60. The lowest BCUT2D eigenvalue weighted by molar-refractivity contribution is 0.242. The molecular weight excluding hydrogens is 388 g/mol. The van der Waals surface area contributed by atoms with Crippen molar-refractivity contribution in [2.24, 2.45) is 0 Å². The zero-order valence-corrected chi connectivity index (χ0v) is 18.3. The third kappa shape index (κ3) is 3.38. The molecule has 1 aromatic heterocycles. The van der Waals surface area contributed by atoms with Crippen LogP contribution in [0.5, 0.6) is 0 Å². The molecule has 30 heavy (non-hydrogen) atoms. The third-order valence-corrected chi connectivity index (χ3v) is 6.93. The van der Waals surface area contributed by atoms with Crippen molar-refractivity contribution < 1.29 is 0 Å². The van der Waals surface area contributed by atoms with Gasteiger partial charge in [-0.25, -0.2) is 4.98 Å². The smallest absolute Gasteiger partial charge is 0.131 e. The Hall–Kier alpha value is -2.76. The summed E-state index contributed by atoms with van der Waals surface area (Å²) < 4.78 is 2.38. The molecule has 1 aliphatic heterocycles. The Morgan fingerprint density at radius 3 is 2.07 bits per heavy atom. The van der Waals surface area contributed by atoms with E-state index >= 15 is 0 Å². The van der Waals surface area contributed by atoms with Crippen LogP contribution in [0, 0.1) is 0 Å². The number of aromatic nitrogens is 2. The highest BCUT2D eigenvalue weighted by atomic mass is 32.2. The van der Waals surface area contributed by atoms with Crippen molar-refractivity contribution in [3.8, 4) is 0 Å². The molecule has 4 aromatic rings. The van der Waals surface area contributed by atoms with Crippen molar-refractivity contribution in [1.29, 1.82) is 0 Å². The highest BCUT2D eigenvalue weighted by Gasteiger charge is 2.25. The van der Waals surface area contributed by atoms with Gasteiger partial charge in [-0.1, -0.05) is 62.0 Å². The first-order chi connectivity index (χ1) is 14.8. The maximum Gasteiger partial charge on any atom is 0.131 e. The van der Waals surface area contributed by atoms with E-state index in [1.165, 1.54) is 26.7 Å². The highest BCUT2D eigenvalue weighted by molar-refractivity contribution is 7.99. The van der Waals surface area contributed by atoms with Crippen LogP contribution in [-0.4, -0.2) is 27.5 Å². The molecule has 5 heteroatoms. The molecule has 0 atom stereocenters. The molecule has 2 heterocycles. The topological polar surface area (TPSA) is 24.3 Å². The molecule has 152 valence electrons. The summed E-state index contributed by atoms with van der Waals surface area (Å²) in [4.78, 5) is 12.5. The zero-order chi connectivity index (χ0) is 20.5. The summed E-state index contributed by atoms with van der Waals surface area (Å²) in [6.45, 7) is 8.08. The van der Waals surface area contributed by atoms with Crippen LogP contribution < -0.4 is 4.90 Å². The molecule has 1 aliphatic rings. The van der Waals surface area contributed by atoms with Gasteiger partial charge >= 0.3 is 0 Å². The number of rotatable bonds is 6. The minimum absolute atomic E-state index is 0.741. The fraction of sp³-hybridized carbons (Fsp3) is 0.240. The Morgan fingerprint density at radius 1 is 0.800 bits per heavy atom. The molecule has 0 saturated heterocycles. The van der Waals surface area contributed by atoms with Crippen molar-refractivity contribution in [2.75, 3.05) is 18.0 Å². The molecule has 0 spiro atoms. The predicted molar refractivity (Wildman–Crippen MR) is 126 cm³/mol. The van der Waals surface area contributed by atoms with E-state index in [9.17, 15) is 0 Å². The van der Waals surface area contributed by atoms with Gasteiger partial charge in [-0.3, -0.25) is 4.90 Å². The van der Waals surface area contributed by atoms with Gasteiger partial charge in [0.15, 0.2) is 0 Å². The molecule has 0 saturated carbocycles. The second-order valence-electron chi connectivity index (χ2n) is 7.51. The molecule has 5 rings (SSSR count). The Morgan fingerprint density at radius 2 is 1.40 bits per heavy atom. The van der Waals surface area contributed by atoms with Crippen LogP contribution in [-0.2, 0) is 13.2 Å². The molecule has 0 fully saturated rings. The summed E-state index contributed by atoms with van der Waals surface area (Å²) in [5.41, 5.74) is 4.77. The lowest BCUT2D eigenvalue weighted by Crippen LogP contribution is -2.29. The van der Waals surface area contributed by atoms with Gasteiger partial charge in [-0.2, -0.15) is 0 Å². The summed E-state index contributed by atoms with van der Waals surface area (Å²) in [5, 5.41) is 0. The van der Waals surface area contributed by atoms with Crippen molar-refractivity contribution in [2.45, 2.75) is 36.9 Å². The van der Waals surface area contributed by atoms with E-state index in [2.05, 4.69) is 101 Å². The molecule has 0 bridgehead atoms. The summed E-state index contributed by atoms with van der Waals surface area (Å²) in [6.07, 6.45) is 0. The number of para-hydroxylation sites is 4. The zero-order valence-electron chi connectivity index (χ0n) is 17.5. The van der Waals surface area contributed by atoms with Crippen molar-refractivity contribution in [3.05, 3.63) is 78.6 Å². The minimum Gasteiger partial charge on any atom is -0.332 e. The fourth-order valence-corrected chi connectivity index (χ4v) is 5.22. The predicted octanol–water partition coefficient (Wildman–Crippen LogP) is 6.14. The van der Waals surface area contributed by atoms with Crippen LogP contribution in [0.25, 0.3) is 11.0 Å². The number of hydrogen-bond acceptors (Lipinski definition) is 4. The normalized spacial score (nSPS) is 13.0. The van der Waals surface area contributed by atoms with E-state index < -0.39 is 0 Å². The van der Waals surface area contributed by atoms with Gasteiger partial charge in [0.25, 0.3) is 0 Å². The number of fused-ring (bicyclic) bond motifs is 3. The van der Waals surface area contributed by atoms with Crippen LogP contribution in [0.4, 0.5) is 11.4 Å². The van der Waals surface area contributed by atoms with Gasteiger partial charge in [0.1, 0.15) is 5.82 Å². The van der Waals surface area contributed by atoms with Gasteiger partial charge in [-0.15, -0.1) is 0 Å². The van der Waals surface area contributed by atoms with Gasteiger partial charge in [0, 0.05) is 9.79 Å². The van der Waals surface area contributed by atoms with Gasteiger partial charge < -0.3 is 9.47 Å². The van der Waals surface area contributed by atoms with Crippen LogP contribution in [0.3, 0.4) is 0 Å². The first kappa shape index (κ1) is 19.2. The quantitative estimate of drug-likeness (QED) is 0.378. The van der Waals surface area contributed by atoms with Crippen molar-refractivity contribution >= 4 is 34.2 Å². The molecule has 0 amide bonds. The van der Waals surface area contributed by atoms with Crippen LogP contribution >= 0.6 is 11.8 Å². The maximum atomic E-state index is 5.06. The molecule has 0 unspecified atom stereocenters. The van der Waals surface area contributed by atoms with Gasteiger partial charge in [0.05, 0.1) is 35.6 Å². The second kappa shape index (κ2) is 8.17. The molecule has 4 nitrogen and oxygen atoms in total. The number of nitrogens with zero attached hydrogens (tertiary/aromatic N) is 4. The standard InChI is InChI=1S/C25H26N4S/c1-3-27(4-2)18-29-20-12-6-5-11-19(20)26-25(29)17-28-21-13-7-9-15-23(21)30-24-16-10-8-14-22(24)28/h5-16H,3-4,17-18H2,1-2H3. The number of benzene rings is 3. The van der Waals surface area contributed by atoms with E-state index in [-0.39, 0.29) is 0 Å². The van der Waals surface area contributed by atoms with E-state index in [0.29, 0.717) is 0 Å². The van der Waals surface area contributed by atoms with Crippen molar-refractivity contribution in [1.82, 2.24) is 14.5 Å². The summed E-state index contributed by atoms with van der Waals surface area (Å²) >= 11 is 1.85. The Labute approximate surface area is 182 Å². The molecule has 0 aliphatic carbocycles. The van der Waals surface area contributed by atoms with Crippen LogP contribution in [0.2, 0.25) is 0 Å². The minimum atomic E-state index is 0.741. The van der Waals surface area contributed by atoms with E-state index in [1.807, 2.05) is 11.8 Å². The van der Waals surface area contributed by atoms with E-state index in [1.54, 1.807) is 0 Å². The lowest BCUT2D eigenvalue weighted by Gasteiger charge is -2.33. The third-order valence-electron chi connectivity index (χ3n) is 5.80. The first-order valence-electron chi connectivity index (χ1n) is 10.6. The summed E-state index contributed by atoms with van der Waals surface area (Å²) in [5.74, 6) is 1.10. The molecular formula is C25H26N4S. The summed E-state index contributed by atoms with van der Waals surface area (Å²) in [6, 6.07) is 25.8. The number of anilines is 2. The van der Waals surface area contributed by atoms with Gasteiger partial charge in [0.2, 0.25) is 0 Å². The van der Waals surface area contributed by atoms with Gasteiger partial charge in [-0.05, 0) is 49.5 Å². The summed E-state index contributed by atoms with van der Waals surface area (Å²) in [7, 11) is 0. The molecule has 0 radical (unpaired) electrons. The number of imidazole rings is 1. The fourth-order valence-electron chi connectivity index (χ4n) is 4.12. The van der Waals surface area contributed by atoms with E-state index in [0.717, 1.165) is 37.6 Å². The Balaban J connectivity index is 1.61. The van der Waals surface area contributed by atoms with Crippen LogP contribution in [0.1, 0.15) is 19.7 Å². The maximum absolute atomic E-state index is 5.06. The monoisotopic (exact) mass is 414 g/mol. The highest BCUT2D eigenvalue weighted by Crippen LogP contribution is 2.48. The molecule has 0 N–H and O–H groups in total. The average molecular weight is 415 g/mol. The molecule has 3 aromatic carbocycles.